The number of aryl methyl sites for hydroxylation is 1. The first-order chi connectivity index (χ1) is 8.69. The van der Waals surface area contributed by atoms with E-state index in [1.54, 1.807) is 0 Å². The Hall–Kier alpha value is -0.640. The van der Waals surface area contributed by atoms with Crippen LogP contribution < -0.4 is 11.1 Å². The molecule has 1 aliphatic carbocycles. The summed E-state index contributed by atoms with van der Waals surface area (Å²) < 4.78 is 1.17. The van der Waals surface area contributed by atoms with Gasteiger partial charge in [-0.25, -0.2) is 0 Å². The molecule has 0 aliphatic heterocycles. The van der Waals surface area contributed by atoms with Gasteiger partial charge in [-0.05, 0) is 55.5 Å². The van der Waals surface area contributed by atoms with Crippen molar-refractivity contribution >= 4 is 15.9 Å². The summed E-state index contributed by atoms with van der Waals surface area (Å²) in [5.41, 5.74) is 8.97. The second-order valence-corrected chi connectivity index (χ2v) is 5.99. The third-order valence-electron chi connectivity index (χ3n) is 3.81. The zero-order valence-corrected chi connectivity index (χ0v) is 12.3. The van der Waals surface area contributed by atoms with Crippen LogP contribution >= 0.6 is 15.9 Å². The smallest absolute Gasteiger partial charge is 0.0347 e. The Morgan fingerprint density at radius 1 is 1.44 bits per heavy atom. The normalized spacial score (nSPS) is 22.6. The predicted octanol–water partition coefficient (Wildman–Crippen LogP) is 2.80. The molecule has 0 spiro atoms. The van der Waals surface area contributed by atoms with Gasteiger partial charge in [-0.15, -0.1) is 6.58 Å². The fraction of sp³-hybridized carbons (Fsp3) is 0.467. The van der Waals surface area contributed by atoms with Crippen molar-refractivity contribution in [2.24, 2.45) is 5.73 Å². The highest BCUT2D eigenvalue weighted by Crippen LogP contribution is 2.30. The molecule has 2 rings (SSSR count). The number of rotatable bonds is 5. The standard InChI is InChI=1S/C15H21BrN2/c1-2-3-8-18-15(11-17)7-6-12-9-14(16)5-4-13(12)10-15/h2,4-5,9,18H,1,3,6-8,10-11,17H2. The fourth-order valence-corrected chi connectivity index (χ4v) is 3.07. The van der Waals surface area contributed by atoms with E-state index in [9.17, 15) is 0 Å². The van der Waals surface area contributed by atoms with Crippen molar-refractivity contribution in [3.8, 4) is 0 Å². The fourth-order valence-electron chi connectivity index (χ4n) is 2.66. The Kier molecular flexibility index (Phi) is 4.60. The molecule has 1 unspecified atom stereocenters. The lowest BCUT2D eigenvalue weighted by Gasteiger charge is -2.38. The summed E-state index contributed by atoms with van der Waals surface area (Å²) in [5.74, 6) is 0. The first-order valence-electron chi connectivity index (χ1n) is 6.52. The van der Waals surface area contributed by atoms with Crippen molar-refractivity contribution in [1.82, 2.24) is 5.32 Å². The third kappa shape index (κ3) is 3.02. The van der Waals surface area contributed by atoms with Crippen LogP contribution in [0, 0.1) is 0 Å². The molecule has 0 radical (unpaired) electrons. The topological polar surface area (TPSA) is 38.0 Å². The Balaban J connectivity index is 2.12. The van der Waals surface area contributed by atoms with Crippen LogP contribution in [0.2, 0.25) is 0 Å². The zero-order valence-electron chi connectivity index (χ0n) is 10.7. The van der Waals surface area contributed by atoms with Crippen molar-refractivity contribution in [2.75, 3.05) is 13.1 Å². The van der Waals surface area contributed by atoms with Crippen molar-refractivity contribution in [3.63, 3.8) is 0 Å². The zero-order chi connectivity index (χ0) is 13.0. The molecule has 0 bridgehead atoms. The SMILES string of the molecule is C=CCCNC1(CN)CCc2cc(Br)ccc2C1. The summed E-state index contributed by atoms with van der Waals surface area (Å²) in [4.78, 5) is 0. The van der Waals surface area contributed by atoms with Gasteiger partial charge in [0.15, 0.2) is 0 Å². The van der Waals surface area contributed by atoms with Crippen LogP contribution in [-0.2, 0) is 12.8 Å². The molecule has 2 nitrogen and oxygen atoms in total. The van der Waals surface area contributed by atoms with E-state index in [4.69, 9.17) is 5.73 Å². The average molecular weight is 309 g/mol. The van der Waals surface area contributed by atoms with Crippen LogP contribution in [0.5, 0.6) is 0 Å². The molecular weight excluding hydrogens is 288 g/mol. The minimum absolute atomic E-state index is 0.0733. The highest BCUT2D eigenvalue weighted by atomic mass is 79.9. The van der Waals surface area contributed by atoms with Gasteiger partial charge in [-0.1, -0.05) is 28.1 Å². The van der Waals surface area contributed by atoms with Gasteiger partial charge in [0.2, 0.25) is 0 Å². The van der Waals surface area contributed by atoms with Crippen LogP contribution in [0.1, 0.15) is 24.0 Å². The minimum atomic E-state index is 0.0733. The molecule has 0 heterocycles. The second kappa shape index (κ2) is 6.00. The molecule has 0 saturated carbocycles. The highest BCUT2D eigenvalue weighted by Gasteiger charge is 2.32. The van der Waals surface area contributed by atoms with Gasteiger partial charge in [0, 0.05) is 16.6 Å². The molecule has 98 valence electrons. The van der Waals surface area contributed by atoms with E-state index in [0.29, 0.717) is 6.54 Å². The Labute approximate surface area is 118 Å². The molecule has 3 N–H and O–H groups in total. The van der Waals surface area contributed by atoms with Crippen LogP contribution in [0.3, 0.4) is 0 Å². The van der Waals surface area contributed by atoms with E-state index in [-0.39, 0.29) is 5.54 Å². The van der Waals surface area contributed by atoms with E-state index >= 15 is 0 Å². The number of benzene rings is 1. The van der Waals surface area contributed by atoms with Gasteiger partial charge < -0.3 is 11.1 Å². The Morgan fingerprint density at radius 2 is 2.28 bits per heavy atom. The lowest BCUT2D eigenvalue weighted by atomic mass is 9.78. The van der Waals surface area contributed by atoms with Crippen LogP contribution in [-0.4, -0.2) is 18.6 Å². The summed E-state index contributed by atoms with van der Waals surface area (Å²) in [7, 11) is 0. The maximum absolute atomic E-state index is 6.01. The number of nitrogens with two attached hydrogens (primary N) is 1. The first-order valence-corrected chi connectivity index (χ1v) is 7.32. The quantitative estimate of drug-likeness (QED) is 0.648. The molecule has 1 atom stereocenters. The molecule has 3 heteroatoms. The molecule has 0 amide bonds. The maximum Gasteiger partial charge on any atom is 0.0347 e. The average Bonchev–Trinajstić information content (AvgIpc) is 2.39. The van der Waals surface area contributed by atoms with Crippen LogP contribution in [0.15, 0.2) is 35.3 Å². The number of hydrogen-bond acceptors (Lipinski definition) is 2. The molecule has 18 heavy (non-hydrogen) atoms. The number of halogens is 1. The van der Waals surface area contributed by atoms with Crippen molar-refractivity contribution in [3.05, 3.63) is 46.5 Å². The van der Waals surface area contributed by atoms with Gasteiger partial charge in [0.05, 0.1) is 0 Å². The second-order valence-electron chi connectivity index (χ2n) is 5.08. The summed E-state index contributed by atoms with van der Waals surface area (Å²) in [6, 6.07) is 6.58. The Bertz CT molecular complexity index is 431. The highest BCUT2D eigenvalue weighted by molar-refractivity contribution is 9.10. The van der Waals surface area contributed by atoms with Crippen molar-refractivity contribution in [2.45, 2.75) is 31.2 Å². The molecule has 0 fully saturated rings. The molecule has 1 aromatic rings. The van der Waals surface area contributed by atoms with Crippen LogP contribution in [0.4, 0.5) is 0 Å². The number of hydrogen-bond donors (Lipinski definition) is 2. The summed E-state index contributed by atoms with van der Waals surface area (Å²) in [6.45, 7) is 5.42. The summed E-state index contributed by atoms with van der Waals surface area (Å²) in [6.07, 6.45) is 6.19. The van der Waals surface area contributed by atoms with Crippen LogP contribution in [0.25, 0.3) is 0 Å². The minimum Gasteiger partial charge on any atom is -0.329 e. The maximum atomic E-state index is 6.01. The molecule has 1 aliphatic rings. The number of nitrogens with one attached hydrogen (secondary N) is 1. The summed E-state index contributed by atoms with van der Waals surface area (Å²) in [5, 5.41) is 3.63. The van der Waals surface area contributed by atoms with E-state index in [0.717, 1.165) is 32.2 Å². The van der Waals surface area contributed by atoms with Crippen molar-refractivity contribution in [1.29, 1.82) is 0 Å². The van der Waals surface area contributed by atoms with Gasteiger partial charge in [-0.3, -0.25) is 0 Å². The Morgan fingerprint density at radius 3 is 3.00 bits per heavy atom. The van der Waals surface area contributed by atoms with Crippen molar-refractivity contribution < 1.29 is 0 Å². The molecule has 1 aromatic carbocycles. The third-order valence-corrected chi connectivity index (χ3v) is 4.30. The summed E-state index contributed by atoms with van der Waals surface area (Å²) >= 11 is 3.54. The first kappa shape index (κ1) is 13.8. The monoisotopic (exact) mass is 308 g/mol. The van der Waals surface area contributed by atoms with Gasteiger partial charge >= 0.3 is 0 Å². The van der Waals surface area contributed by atoms with E-state index in [2.05, 4.69) is 46.0 Å². The van der Waals surface area contributed by atoms with Gasteiger partial charge in [0.25, 0.3) is 0 Å². The largest absolute Gasteiger partial charge is 0.329 e. The van der Waals surface area contributed by atoms with Gasteiger partial charge in [0.1, 0.15) is 0 Å². The lowest BCUT2D eigenvalue weighted by molar-refractivity contribution is 0.296. The number of fused-ring (bicyclic) bond motifs is 1. The van der Waals surface area contributed by atoms with E-state index in [1.807, 2.05) is 6.08 Å². The van der Waals surface area contributed by atoms with Gasteiger partial charge in [-0.2, -0.15) is 0 Å². The molecular formula is C15H21BrN2. The molecule has 0 saturated heterocycles. The lowest BCUT2D eigenvalue weighted by Crippen LogP contribution is -2.55. The van der Waals surface area contributed by atoms with E-state index in [1.165, 1.54) is 15.6 Å². The van der Waals surface area contributed by atoms with E-state index < -0.39 is 0 Å². The predicted molar refractivity (Wildman–Crippen MR) is 80.8 cm³/mol. The molecule has 0 aromatic heterocycles.